The number of nitrogens with zero attached hydrogens (tertiary/aromatic N) is 2. The van der Waals surface area contributed by atoms with Gasteiger partial charge >= 0.3 is 6.85 Å². The number of rotatable bonds is 1. The van der Waals surface area contributed by atoms with E-state index < -0.39 is 0 Å². The molecule has 0 saturated heterocycles. The Bertz CT molecular complexity index is 2840. The minimum atomic E-state index is -0.0110. The number of aromatic nitrogens is 1. The Morgan fingerprint density at radius 3 is 2.21 bits per heavy atom. The average Bonchev–Trinajstić information content (AvgIpc) is 3.64. The van der Waals surface area contributed by atoms with Crippen LogP contribution < -0.4 is 15.7 Å². The van der Waals surface area contributed by atoms with Gasteiger partial charge in [-0.1, -0.05) is 96.1 Å². The Labute approximate surface area is 272 Å². The van der Waals surface area contributed by atoms with E-state index in [1.54, 1.807) is 0 Å². The maximum atomic E-state index is 6.52. The van der Waals surface area contributed by atoms with E-state index in [1.165, 1.54) is 88.4 Å². The Hall–Kier alpha value is -5.74. The summed E-state index contributed by atoms with van der Waals surface area (Å²) in [6.07, 6.45) is 0. The zero-order chi connectivity index (χ0) is 31.1. The standard InChI is InChI=1S/C43H29BN2O/c1-24-12-16-28(17-13-24)46-37-23-39-33(30-10-6-7-11-38(30)47-39)22-32(37)34-21-26(3)40-31-18-15-27-8-4-5-9-29(27)42(31)45-36-19-14-25(2)20-35(36)44(46)41(34)43(40)45/h4-23H,1-3H3. The van der Waals surface area contributed by atoms with Gasteiger partial charge in [-0.15, -0.1) is 0 Å². The van der Waals surface area contributed by atoms with Crippen molar-refractivity contribution < 1.29 is 4.42 Å². The van der Waals surface area contributed by atoms with Gasteiger partial charge in [0.15, 0.2) is 0 Å². The Morgan fingerprint density at radius 1 is 0.553 bits per heavy atom. The van der Waals surface area contributed by atoms with Gasteiger partial charge in [-0.05, 0) is 78.5 Å². The van der Waals surface area contributed by atoms with Crippen LogP contribution in [0.25, 0.3) is 71.3 Å². The van der Waals surface area contributed by atoms with E-state index in [2.05, 4.69) is 151 Å². The summed E-state index contributed by atoms with van der Waals surface area (Å²) >= 11 is 0. The van der Waals surface area contributed by atoms with E-state index in [0.717, 1.165) is 21.9 Å². The van der Waals surface area contributed by atoms with Gasteiger partial charge < -0.3 is 13.8 Å². The first-order chi connectivity index (χ1) is 23.0. The van der Waals surface area contributed by atoms with Gasteiger partial charge in [-0.25, -0.2) is 0 Å². The number of benzene rings is 7. The summed E-state index contributed by atoms with van der Waals surface area (Å²) in [4.78, 5) is 2.58. The monoisotopic (exact) mass is 600 g/mol. The van der Waals surface area contributed by atoms with Crippen molar-refractivity contribution >= 4 is 83.7 Å². The minimum absolute atomic E-state index is 0.0110. The minimum Gasteiger partial charge on any atom is -0.456 e. The molecule has 0 saturated carbocycles. The van der Waals surface area contributed by atoms with Crippen LogP contribution in [-0.4, -0.2) is 11.4 Å². The van der Waals surface area contributed by atoms with Crippen molar-refractivity contribution in [3.8, 4) is 16.8 Å². The molecule has 9 aromatic rings. The van der Waals surface area contributed by atoms with Crippen molar-refractivity contribution in [2.45, 2.75) is 20.8 Å². The molecule has 11 rings (SSSR count). The number of fused-ring (bicyclic) bond motifs is 13. The smallest absolute Gasteiger partial charge is 0.333 e. The van der Waals surface area contributed by atoms with Crippen LogP contribution in [0.1, 0.15) is 16.7 Å². The van der Waals surface area contributed by atoms with Gasteiger partial charge in [-0.3, -0.25) is 0 Å². The predicted molar refractivity (Wildman–Crippen MR) is 199 cm³/mol. The summed E-state index contributed by atoms with van der Waals surface area (Å²) in [5.74, 6) is 0. The molecule has 0 fully saturated rings. The third-order valence-corrected chi connectivity index (χ3v) is 10.8. The number of furan rings is 1. The van der Waals surface area contributed by atoms with Crippen LogP contribution in [0.5, 0.6) is 0 Å². The molecule has 2 aromatic heterocycles. The lowest BCUT2D eigenvalue weighted by Gasteiger charge is -2.42. The zero-order valence-electron chi connectivity index (χ0n) is 26.4. The zero-order valence-corrected chi connectivity index (χ0v) is 26.4. The van der Waals surface area contributed by atoms with Gasteiger partial charge in [0, 0.05) is 55.6 Å². The fraction of sp³-hybridized carbons (Fsp3) is 0.0698. The Morgan fingerprint density at radius 2 is 1.34 bits per heavy atom. The molecule has 0 atom stereocenters. The number of anilines is 2. The van der Waals surface area contributed by atoms with Crippen molar-refractivity contribution in [3.63, 3.8) is 0 Å². The largest absolute Gasteiger partial charge is 0.456 e. The predicted octanol–water partition coefficient (Wildman–Crippen LogP) is 10.00. The van der Waals surface area contributed by atoms with E-state index in [1.807, 2.05) is 0 Å². The van der Waals surface area contributed by atoms with Gasteiger partial charge in [0.25, 0.3) is 0 Å². The van der Waals surface area contributed by atoms with E-state index in [-0.39, 0.29) is 6.85 Å². The lowest BCUT2D eigenvalue weighted by atomic mass is 9.43. The summed E-state index contributed by atoms with van der Waals surface area (Å²) in [6.45, 7) is 6.67. The lowest BCUT2D eigenvalue weighted by Crippen LogP contribution is -2.60. The first-order valence-electron chi connectivity index (χ1n) is 16.5. The molecule has 3 nitrogen and oxygen atoms in total. The van der Waals surface area contributed by atoms with Gasteiger partial charge in [0.05, 0.1) is 11.0 Å². The van der Waals surface area contributed by atoms with E-state index in [0.29, 0.717) is 0 Å². The molecular weight excluding hydrogens is 571 g/mol. The molecule has 220 valence electrons. The first kappa shape index (κ1) is 25.5. The fourth-order valence-electron chi connectivity index (χ4n) is 8.77. The summed E-state index contributed by atoms with van der Waals surface area (Å²) in [5.41, 5.74) is 17.2. The third kappa shape index (κ3) is 3.18. The van der Waals surface area contributed by atoms with Crippen LogP contribution in [0.4, 0.5) is 11.4 Å². The van der Waals surface area contributed by atoms with Crippen LogP contribution >= 0.6 is 0 Å². The molecule has 0 unspecified atom stereocenters. The molecule has 2 aliphatic rings. The SMILES string of the molecule is Cc1ccc(N2B3c4cc(C)ccc4-n4c5c3c(cc(C)c5c3ccc5ccccc5c34)-c3cc4c(cc32)oc2ccccc24)cc1. The van der Waals surface area contributed by atoms with Crippen molar-refractivity contribution in [2.24, 2.45) is 0 Å². The highest BCUT2D eigenvalue weighted by atomic mass is 16.3. The van der Waals surface area contributed by atoms with Crippen LogP contribution in [0.15, 0.2) is 126 Å². The number of aryl methyl sites for hydroxylation is 3. The molecule has 2 aliphatic heterocycles. The highest BCUT2D eigenvalue weighted by Crippen LogP contribution is 2.48. The van der Waals surface area contributed by atoms with E-state index >= 15 is 0 Å². The van der Waals surface area contributed by atoms with Crippen molar-refractivity contribution in [1.82, 2.24) is 4.57 Å². The summed E-state index contributed by atoms with van der Waals surface area (Å²) in [7, 11) is 0. The molecule has 0 aliphatic carbocycles. The molecule has 0 radical (unpaired) electrons. The van der Waals surface area contributed by atoms with Gasteiger partial charge in [-0.2, -0.15) is 0 Å². The maximum absolute atomic E-state index is 6.52. The molecule has 0 bridgehead atoms. The number of hydrogen-bond donors (Lipinski definition) is 0. The molecule has 4 heterocycles. The fourth-order valence-corrected chi connectivity index (χ4v) is 8.77. The first-order valence-corrected chi connectivity index (χ1v) is 16.5. The summed E-state index contributed by atoms with van der Waals surface area (Å²) < 4.78 is 9.11. The van der Waals surface area contributed by atoms with E-state index in [4.69, 9.17) is 4.42 Å². The molecular formula is C43H29BN2O. The topological polar surface area (TPSA) is 21.3 Å². The number of hydrogen-bond acceptors (Lipinski definition) is 2. The van der Waals surface area contributed by atoms with Crippen molar-refractivity contribution in [1.29, 1.82) is 0 Å². The second-order valence-corrected chi connectivity index (χ2v) is 13.5. The van der Waals surface area contributed by atoms with E-state index in [9.17, 15) is 0 Å². The summed E-state index contributed by atoms with van der Waals surface area (Å²) in [5, 5.41) is 7.53. The summed E-state index contributed by atoms with van der Waals surface area (Å²) in [6, 6.07) is 45.1. The molecule has 0 amide bonds. The highest BCUT2D eigenvalue weighted by Gasteiger charge is 2.44. The van der Waals surface area contributed by atoms with Gasteiger partial charge in [0.2, 0.25) is 0 Å². The third-order valence-electron chi connectivity index (χ3n) is 10.8. The molecule has 4 heteroatoms. The molecule has 7 aromatic carbocycles. The second kappa shape index (κ2) is 8.74. The Kier molecular flexibility index (Phi) is 4.74. The van der Waals surface area contributed by atoms with Crippen molar-refractivity contribution in [3.05, 3.63) is 138 Å². The maximum Gasteiger partial charge on any atom is 0.333 e. The highest BCUT2D eigenvalue weighted by molar-refractivity contribution is 6.93. The molecule has 0 spiro atoms. The second-order valence-electron chi connectivity index (χ2n) is 13.5. The van der Waals surface area contributed by atoms with Gasteiger partial charge in [0.1, 0.15) is 11.2 Å². The average molecular weight is 601 g/mol. The quantitative estimate of drug-likeness (QED) is 0.175. The van der Waals surface area contributed by atoms with Crippen LogP contribution in [-0.2, 0) is 0 Å². The van der Waals surface area contributed by atoms with Crippen LogP contribution in [0.2, 0.25) is 0 Å². The molecule has 0 N–H and O–H groups in total. The Balaban J connectivity index is 1.38. The normalized spacial score (nSPS) is 13.3. The van der Waals surface area contributed by atoms with Crippen LogP contribution in [0.3, 0.4) is 0 Å². The lowest BCUT2D eigenvalue weighted by molar-refractivity contribution is 0.669. The van der Waals surface area contributed by atoms with Crippen LogP contribution in [0, 0.1) is 20.8 Å². The number of para-hydroxylation sites is 1. The van der Waals surface area contributed by atoms with Crippen molar-refractivity contribution in [2.75, 3.05) is 4.81 Å². The molecule has 47 heavy (non-hydrogen) atoms.